The Morgan fingerprint density at radius 2 is 1.90 bits per heavy atom. The second kappa shape index (κ2) is 8.55. The minimum atomic E-state index is 0.523. The molecule has 2 unspecified atom stereocenters. The van der Waals surface area contributed by atoms with Gasteiger partial charge in [-0.1, -0.05) is 57.5 Å². The number of hydrogen-bond acceptors (Lipinski definition) is 2. The van der Waals surface area contributed by atoms with Crippen molar-refractivity contribution in [3.8, 4) is 0 Å². The summed E-state index contributed by atoms with van der Waals surface area (Å²) >= 11 is 0. The van der Waals surface area contributed by atoms with Crippen LogP contribution in [0, 0.1) is 5.92 Å². The summed E-state index contributed by atoms with van der Waals surface area (Å²) in [7, 11) is 0. The Balaban J connectivity index is 2.10. The second-order valence-corrected chi connectivity index (χ2v) is 6.77. The van der Waals surface area contributed by atoms with Gasteiger partial charge in [-0.05, 0) is 43.8 Å². The average molecular weight is 288 g/mol. The molecule has 1 N–H and O–H groups in total. The average Bonchev–Trinajstić information content (AvgIpc) is 2.52. The van der Waals surface area contributed by atoms with Crippen LogP contribution in [0.15, 0.2) is 30.3 Å². The van der Waals surface area contributed by atoms with Crippen LogP contribution in [0.1, 0.15) is 58.1 Å². The highest BCUT2D eigenvalue weighted by molar-refractivity contribution is 5.20. The van der Waals surface area contributed by atoms with E-state index in [4.69, 9.17) is 0 Å². The fraction of sp³-hybridized carbons (Fsp3) is 0.684. The summed E-state index contributed by atoms with van der Waals surface area (Å²) in [5, 5.41) is 3.68. The number of hydrogen-bond donors (Lipinski definition) is 1. The van der Waals surface area contributed by atoms with Gasteiger partial charge in [0.2, 0.25) is 0 Å². The van der Waals surface area contributed by atoms with Crippen molar-refractivity contribution >= 4 is 0 Å². The van der Waals surface area contributed by atoms with E-state index >= 15 is 0 Å². The van der Waals surface area contributed by atoms with Crippen LogP contribution in [0.5, 0.6) is 0 Å². The zero-order valence-corrected chi connectivity index (χ0v) is 14.0. The Labute approximate surface area is 130 Å². The zero-order valence-electron chi connectivity index (χ0n) is 14.0. The fourth-order valence-electron chi connectivity index (χ4n) is 3.48. The van der Waals surface area contributed by atoms with Gasteiger partial charge in [-0.25, -0.2) is 0 Å². The lowest BCUT2D eigenvalue weighted by molar-refractivity contribution is 0.0898. The van der Waals surface area contributed by atoms with Gasteiger partial charge in [0, 0.05) is 18.6 Å². The van der Waals surface area contributed by atoms with E-state index < -0.39 is 0 Å². The van der Waals surface area contributed by atoms with E-state index in [2.05, 4.69) is 61.3 Å². The summed E-state index contributed by atoms with van der Waals surface area (Å²) in [6.07, 6.45) is 5.39. The molecule has 0 spiro atoms. The van der Waals surface area contributed by atoms with Gasteiger partial charge in [-0.2, -0.15) is 0 Å². The van der Waals surface area contributed by atoms with Crippen LogP contribution in [0.2, 0.25) is 0 Å². The lowest BCUT2D eigenvalue weighted by Crippen LogP contribution is -2.45. The first-order valence-corrected chi connectivity index (χ1v) is 8.73. The highest BCUT2D eigenvalue weighted by atomic mass is 15.2. The van der Waals surface area contributed by atoms with E-state index in [0.29, 0.717) is 12.0 Å². The van der Waals surface area contributed by atoms with Crippen LogP contribution in [-0.4, -0.2) is 30.6 Å². The smallest absolute Gasteiger partial charge is 0.0475 e. The van der Waals surface area contributed by atoms with E-state index in [1.807, 2.05) is 0 Å². The molecule has 1 heterocycles. The quantitative estimate of drug-likeness (QED) is 0.807. The topological polar surface area (TPSA) is 15.3 Å². The standard InChI is InChI=1S/C19H32N2/c1-4-18-12-8-9-13-21(18)19(15-20-14-16(2)3)17-10-6-5-7-11-17/h5-7,10-11,16,18-20H,4,8-9,12-15H2,1-3H3. The second-order valence-electron chi connectivity index (χ2n) is 6.77. The molecule has 1 saturated heterocycles. The van der Waals surface area contributed by atoms with Crippen LogP contribution in [-0.2, 0) is 0 Å². The summed E-state index contributed by atoms with van der Waals surface area (Å²) < 4.78 is 0. The van der Waals surface area contributed by atoms with Crippen LogP contribution in [0.4, 0.5) is 0 Å². The van der Waals surface area contributed by atoms with Crippen molar-refractivity contribution in [3.63, 3.8) is 0 Å². The van der Waals surface area contributed by atoms with Crippen molar-refractivity contribution < 1.29 is 0 Å². The molecule has 2 rings (SSSR count). The van der Waals surface area contributed by atoms with Gasteiger partial charge in [0.05, 0.1) is 0 Å². The Morgan fingerprint density at radius 3 is 2.57 bits per heavy atom. The van der Waals surface area contributed by atoms with Gasteiger partial charge >= 0.3 is 0 Å². The molecule has 0 bridgehead atoms. The van der Waals surface area contributed by atoms with Crippen LogP contribution in [0.3, 0.4) is 0 Å². The lowest BCUT2D eigenvalue weighted by atomic mass is 9.94. The highest BCUT2D eigenvalue weighted by Crippen LogP contribution is 2.29. The first kappa shape index (κ1) is 16.5. The Kier molecular flexibility index (Phi) is 6.72. The van der Waals surface area contributed by atoms with Gasteiger partial charge in [0.15, 0.2) is 0 Å². The molecule has 1 aromatic rings. The van der Waals surface area contributed by atoms with Crippen molar-refractivity contribution in [2.75, 3.05) is 19.6 Å². The van der Waals surface area contributed by atoms with Crippen molar-refractivity contribution in [2.45, 2.75) is 58.5 Å². The van der Waals surface area contributed by atoms with Crippen LogP contribution >= 0.6 is 0 Å². The van der Waals surface area contributed by atoms with E-state index in [-0.39, 0.29) is 0 Å². The number of piperidine rings is 1. The largest absolute Gasteiger partial charge is 0.315 e. The van der Waals surface area contributed by atoms with Crippen molar-refractivity contribution in [1.29, 1.82) is 0 Å². The molecule has 2 heteroatoms. The molecule has 0 radical (unpaired) electrons. The maximum atomic E-state index is 3.68. The molecule has 0 aromatic heterocycles. The third kappa shape index (κ3) is 4.82. The molecule has 1 aromatic carbocycles. The Bertz CT molecular complexity index is 388. The molecule has 0 amide bonds. The predicted molar refractivity (Wildman–Crippen MR) is 91.5 cm³/mol. The highest BCUT2D eigenvalue weighted by Gasteiger charge is 2.28. The lowest BCUT2D eigenvalue weighted by Gasteiger charge is -2.41. The van der Waals surface area contributed by atoms with Crippen molar-refractivity contribution in [1.82, 2.24) is 10.2 Å². The van der Waals surface area contributed by atoms with Crippen molar-refractivity contribution in [3.05, 3.63) is 35.9 Å². The third-order valence-electron chi connectivity index (χ3n) is 4.62. The molecule has 21 heavy (non-hydrogen) atoms. The molecule has 118 valence electrons. The molecule has 2 atom stereocenters. The minimum Gasteiger partial charge on any atom is -0.315 e. The first-order chi connectivity index (χ1) is 10.2. The van der Waals surface area contributed by atoms with Crippen LogP contribution in [0.25, 0.3) is 0 Å². The van der Waals surface area contributed by atoms with E-state index in [9.17, 15) is 0 Å². The third-order valence-corrected chi connectivity index (χ3v) is 4.62. The van der Waals surface area contributed by atoms with Crippen molar-refractivity contribution in [2.24, 2.45) is 5.92 Å². The van der Waals surface area contributed by atoms with E-state index in [1.165, 1.54) is 37.8 Å². The number of rotatable bonds is 7. The maximum Gasteiger partial charge on any atom is 0.0475 e. The number of likely N-dealkylation sites (tertiary alicyclic amines) is 1. The molecular weight excluding hydrogens is 256 g/mol. The van der Waals surface area contributed by atoms with Gasteiger partial charge in [-0.3, -0.25) is 4.90 Å². The summed E-state index contributed by atoms with van der Waals surface area (Å²) in [5.74, 6) is 0.713. The maximum absolute atomic E-state index is 3.68. The molecule has 1 aliphatic rings. The SMILES string of the molecule is CCC1CCCCN1C(CNCC(C)C)c1ccccc1. The van der Waals surface area contributed by atoms with Gasteiger partial charge in [-0.15, -0.1) is 0 Å². The molecule has 2 nitrogen and oxygen atoms in total. The first-order valence-electron chi connectivity index (χ1n) is 8.73. The molecule has 0 saturated carbocycles. The van der Waals surface area contributed by atoms with Gasteiger partial charge in [0.1, 0.15) is 0 Å². The number of nitrogens with zero attached hydrogens (tertiary/aromatic N) is 1. The van der Waals surface area contributed by atoms with Gasteiger partial charge < -0.3 is 5.32 Å². The Morgan fingerprint density at radius 1 is 1.14 bits per heavy atom. The molecular formula is C19H32N2. The fourth-order valence-corrected chi connectivity index (χ4v) is 3.48. The molecule has 1 aliphatic heterocycles. The number of benzene rings is 1. The summed E-state index contributed by atoms with van der Waals surface area (Å²) in [6.45, 7) is 10.3. The summed E-state index contributed by atoms with van der Waals surface area (Å²) in [6, 6.07) is 12.3. The molecule has 0 aliphatic carbocycles. The zero-order chi connectivity index (χ0) is 15.1. The van der Waals surface area contributed by atoms with Crippen LogP contribution < -0.4 is 5.32 Å². The summed E-state index contributed by atoms with van der Waals surface area (Å²) in [4.78, 5) is 2.76. The normalized spacial score (nSPS) is 21.6. The molecule has 1 fully saturated rings. The summed E-state index contributed by atoms with van der Waals surface area (Å²) in [5.41, 5.74) is 1.47. The van der Waals surface area contributed by atoms with E-state index in [1.54, 1.807) is 0 Å². The minimum absolute atomic E-state index is 0.523. The monoisotopic (exact) mass is 288 g/mol. The number of nitrogens with one attached hydrogen (secondary N) is 1. The van der Waals surface area contributed by atoms with E-state index in [0.717, 1.165) is 19.1 Å². The van der Waals surface area contributed by atoms with Gasteiger partial charge in [0.25, 0.3) is 0 Å². The Hall–Kier alpha value is -0.860. The predicted octanol–water partition coefficient (Wildman–Crippen LogP) is 4.24.